The van der Waals surface area contributed by atoms with E-state index in [0.717, 1.165) is 6.42 Å². The largest absolute Gasteiger partial charge is 0.365 e. The fraction of sp³-hybridized carbons (Fsp3) is 0.769. The molecular weight excluding hydrogens is 248 g/mol. The van der Waals surface area contributed by atoms with E-state index in [1.54, 1.807) is 6.21 Å². The zero-order valence-corrected chi connectivity index (χ0v) is 12.1. The molecule has 2 atom stereocenters. The highest BCUT2D eigenvalue weighted by Gasteiger charge is 2.21. The molecule has 2 unspecified atom stereocenters. The predicted molar refractivity (Wildman–Crippen MR) is 72.2 cm³/mol. The van der Waals surface area contributed by atoms with Crippen molar-refractivity contribution in [3.63, 3.8) is 0 Å². The topological polar surface area (TPSA) is 77.0 Å². The fourth-order valence-electron chi connectivity index (χ4n) is 1.42. The van der Waals surface area contributed by atoms with Gasteiger partial charge in [0.05, 0.1) is 0 Å². The number of carbonyl (C=O) groups excluding carboxylic acids is 2. The van der Waals surface area contributed by atoms with Crippen LogP contribution in [0.3, 0.4) is 0 Å². The molecule has 110 valence electrons. The summed E-state index contributed by atoms with van der Waals surface area (Å²) in [6.07, 6.45) is 3.54. The maximum absolute atomic E-state index is 11.8. The molecule has 0 aliphatic heterocycles. The smallest absolute Gasteiger partial charge is 0.246 e. The summed E-state index contributed by atoms with van der Waals surface area (Å²) in [7, 11) is 0. The number of nitrogens with zero attached hydrogens (tertiary/aromatic N) is 1. The van der Waals surface area contributed by atoms with Gasteiger partial charge in [-0.2, -0.15) is 0 Å². The molecule has 6 heteroatoms. The van der Waals surface area contributed by atoms with Crippen LogP contribution in [0.1, 0.15) is 47.0 Å². The first-order valence-electron chi connectivity index (χ1n) is 6.58. The molecule has 0 fully saturated rings. The van der Waals surface area contributed by atoms with Crippen molar-refractivity contribution in [3.8, 4) is 0 Å². The van der Waals surface area contributed by atoms with Crippen LogP contribution in [0.4, 0.5) is 0 Å². The van der Waals surface area contributed by atoms with E-state index < -0.39 is 0 Å². The van der Waals surface area contributed by atoms with Crippen molar-refractivity contribution in [3.05, 3.63) is 0 Å². The number of hydrogen-bond acceptors (Lipinski definition) is 5. The molecule has 0 saturated heterocycles. The van der Waals surface area contributed by atoms with Crippen LogP contribution in [0.5, 0.6) is 0 Å². The van der Waals surface area contributed by atoms with E-state index in [9.17, 15) is 9.59 Å². The van der Waals surface area contributed by atoms with E-state index in [4.69, 9.17) is 9.68 Å². The molecule has 0 bridgehead atoms. The summed E-state index contributed by atoms with van der Waals surface area (Å²) in [5.74, 6) is -0.512. The Morgan fingerprint density at radius 3 is 2.58 bits per heavy atom. The number of hydroxylamine groups is 1. The Bertz CT molecular complexity index is 305. The highest BCUT2D eigenvalue weighted by molar-refractivity contribution is 5.81. The molecular formula is C13H24N2O4. The number of hydrogen-bond donors (Lipinski definition) is 1. The van der Waals surface area contributed by atoms with Gasteiger partial charge in [0.15, 0.2) is 0 Å². The van der Waals surface area contributed by atoms with Crippen LogP contribution in [0.15, 0.2) is 5.16 Å². The highest BCUT2D eigenvalue weighted by Crippen LogP contribution is 2.16. The molecule has 0 radical (unpaired) electrons. The lowest BCUT2D eigenvalue weighted by atomic mass is 9.91. The molecule has 0 aromatic heterocycles. The second-order valence-electron chi connectivity index (χ2n) is 4.41. The van der Waals surface area contributed by atoms with Crippen LogP contribution in [0, 0.1) is 11.8 Å². The van der Waals surface area contributed by atoms with E-state index in [1.807, 2.05) is 20.8 Å². The molecule has 19 heavy (non-hydrogen) atoms. The van der Waals surface area contributed by atoms with Gasteiger partial charge in [-0.1, -0.05) is 25.9 Å². The second kappa shape index (κ2) is 10.5. The van der Waals surface area contributed by atoms with E-state index in [0.29, 0.717) is 12.8 Å². The first kappa shape index (κ1) is 17.6. The predicted octanol–water partition coefficient (Wildman–Crippen LogP) is 2.05. The molecule has 0 rings (SSSR count). The molecule has 6 nitrogen and oxygen atoms in total. The molecule has 0 aromatic carbocycles. The van der Waals surface area contributed by atoms with Gasteiger partial charge in [0.25, 0.3) is 0 Å². The van der Waals surface area contributed by atoms with E-state index >= 15 is 0 Å². The second-order valence-corrected chi connectivity index (χ2v) is 4.41. The van der Waals surface area contributed by atoms with Crippen molar-refractivity contribution in [2.45, 2.75) is 47.0 Å². The summed E-state index contributed by atoms with van der Waals surface area (Å²) in [5.41, 5.74) is 2.31. The van der Waals surface area contributed by atoms with Crippen molar-refractivity contribution >= 4 is 17.9 Å². The van der Waals surface area contributed by atoms with Crippen molar-refractivity contribution in [1.29, 1.82) is 0 Å². The lowest BCUT2D eigenvalue weighted by Crippen LogP contribution is -2.32. The Kier molecular flexibility index (Phi) is 9.70. The van der Waals surface area contributed by atoms with Gasteiger partial charge in [0.1, 0.15) is 5.78 Å². The third-order valence-electron chi connectivity index (χ3n) is 2.81. The minimum atomic E-state index is -0.238. The normalized spacial score (nSPS) is 14.1. The maximum Gasteiger partial charge on any atom is 0.246 e. The number of nitrogens with one attached hydrogen (secondary N) is 1. The number of amides is 1. The van der Waals surface area contributed by atoms with Gasteiger partial charge < -0.3 is 4.84 Å². The lowest BCUT2D eigenvalue weighted by Gasteiger charge is -2.17. The maximum atomic E-state index is 11.8. The molecule has 0 heterocycles. The molecule has 0 aliphatic rings. The van der Waals surface area contributed by atoms with Gasteiger partial charge in [-0.15, -0.1) is 0 Å². The summed E-state index contributed by atoms with van der Waals surface area (Å²) < 4.78 is 0. The molecule has 0 aromatic rings. The Hall–Kier alpha value is -1.43. The van der Waals surface area contributed by atoms with Crippen LogP contribution >= 0.6 is 0 Å². The number of rotatable bonds is 10. The van der Waals surface area contributed by atoms with Gasteiger partial charge in [-0.3, -0.25) is 9.59 Å². The lowest BCUT2D eigenvalue weighted by molar-refractivity contribution is -0.152. The Labute approximate surface area is 114 Å². The molecule has 1 N–H and O–H groups in total. The SMILES string of the molecule is CC/C=N\OCONC(=O)C(CC)CC(C)C(C)=O. The van der Waals surface area contributed by atoms with Gasteiger partial charge in [-0.05, 0) is 26.2 Å². The van der Waals surface area contributed by atoms with Gasteiger partial charge in [0, 0.05) is 18.1 Å². The quantitative estimate of drug-likeness (QED) is 0.286. The number of carbonyl (C=O) groups is 2. The fourth-order valence-corrected chi connectivity index (χ4v) is 1.42. The van der Waals surface area contributed by atoms with Gasteiger partial charge in [-0.25, -0.2) is 10.3 Å². The highest BCUT2D eigenvalue weighted by atomic mass is 16.8. The average molecular weight is 272 g/mol. The van der Waals surface area contributed by atoms with Crippen LogP contribution in [-0.4, -0.2) is 24.7 Å². The zero-order valence-electron chi connectivity index (χ0n) is 12.1. The minimum absolute atomic E-state index is 0.0874. The summed E-state index contributed by atoms with van der Waals surface area (Å²) in [5, 5.41) is 3.58. The number of Topliss-reactive ketones (excluding diaryl/α,β-unsaturated/α-hetero) is 1. The average Bonchev–Trinajstić information content (AvgIpc) is 2.39. The van der Waals surface area contributed by atoms with E-state index in [-0.39, 0.29) is 30.3 Å². The van der Waals surface area contributed by atoms with Gasteiger partial charge >= 0.3 is 0 Å². The summed E-state index contributed by atoms with van der Waals surface area (Å²) in [6.45, 7) is 7.05. The molecule has 0 saturated carbocycles. The van der Waals surface area contributed by atoms with Crippen LogP contribution in [0.25, 0.3) is 0 Å². The third kappa shape index (κ3) is 8.31. The summed E-state index contributed by atoms with van der Waals surface area (Å²) >= 11 is 0. The minimum Gasteiger partial charge on any atom is -0.365 e. The Morgan fingerprint density at radius 1 is 1.37 bits per heavy atom. The first-order valence-corrected chi connectivity index (χ1v) is 6.58. The molecule has 0 spiro atoms. The third-order valence-corrected chi connectivity index (χ3v) is 2.81. The Morgan fingerprint density at radius 2 is 2.05 bits per heavy atom. The summed E-state index contributed by atoms with van der Waals surface area (Å²) in [4.78, 5) is 32.5. The van der Waals surface area contributed by atoms with Crippen molar-refractivity contribution in [2.75, 3.05) is 6.79 Å². The van der Waals surface area contributed by atoms with E-state index in [1.165, 1.54) is 6.92 Å². The first-order chi connectivity index (χ1) is 9.02. The van der Waals surface area contributed by atoms with Crippen molar-refractivity contribution in [2.24, 2.45) is 17.0 Å². The molecule has 0 aliphatic carbocycles. The Balaban J connectivity index is 3.95. The van der Waals surface area contributed by atoms with Crippen molar-refractivity contribution < 1.29 is 19.3 Å². The molecule has 1 amide bonds. The number of ketones is 1. The zero-order chi connectivity index (χ0) is 14.7. The van der Waals surface area contributed by atoms with Crippen molar-refractivity contribution in [1.82, 2.24) is 5.48 Å². The van der Waals surface area contributed by atoms with Gasteiger partial charge in [0.2, 0.25) is 12.7 Å². The summed E-state index contributed by atoms with van der Waals surface area (Å²) in [6, 6.07) is 0. The van der Waals surface area contributed by atoms with Crippen LogP contribution in [-0.2, 0) is 19.3 Å². The standard InChI is InChI=1S/C13H24N2O4/c1-5-7-14-18-9-19-15-13(17)12(6-2)8-10(3)11(4)16/h7,10,12H,5-6,8-9H2,1-4H3,(H,15,17)/b14-7-. The van der Waals surface area contributed by atoms with Crippen LogP contribution in [0.2, 0.25) is 0 Å². The number of oxime groups is 1. The van der Waals surface area contributed by atoms with E-state index in [2.05, 4.69) is 10.6 Å². The van der Waals surface area contributed by atoms with Crippen LogP contribution < -0.4 is 5.48 Å². The monoisotopic (exact) mass is 272 g/mol.